The topological polar surface area (TPSA) is 84.0 Å². The van der Waals surface area contributed by atoms with Crippen molar-refractivity contribution in [1.29, 1.82) is 0 Å². The van der Waals surface area contributed by atoms with E-state index in [4.69, 9.17) is 4.74 Å². The van der Waals surface area contributed by atoms with E-state index in [0.717, 1.165) is 32.1 Å². The predicted molar refractivity (Wildman–Crippen MR) is 109 cm³/mol. The molecule has 0 aromatic heterocycles. The van der Waals surface area contributed by atoms with Crippen LogP contribution in [-0.2, 0) is 19.6 Å². The van der Waals surface area contributed by atoms with Crippen molar-refractivity contribution < 1.29 is 22.7 Å². The number of hydrogen-bond donors (Lipinski definition) is 0. The number of carbonyl (C=O) groups is 2. The molecule has 7 nitrogen and oxygen atoms in total. The van der Waals surface area contributed by atoms with Crippen LogP contribution in [-0.4, -0.2) is 60.8 Å². The summed E-state index contributed by atoms with van der Waals surface area (Å²) >= 11 is 0. The highest BCUT2D eigenvalue weighted by atomic mass is 32.2. The Morgan fingerprint density at radius 1 is 1.00 bits per heavy atom. The zero-order chi connectivity index (χ0) is 21.2. The molecule has 2 aliphatic heterocycles. The summed E-state index contributed by atoms with van der Waals surface area (Å²) in [4.78, 5) is 27.2. The first-order valence-electron chi connectivity index (χ1n) is 10.3. The van der Waals surface area contributed by atoms with Crippen LogP contribution in [0, 0.1) is 0 Å². The van der Waals surface area contributed by atoms with Gasteiger partial charge in [0.1, 0.15) is 0 Å². The van der Waals surface area contributed by atoms with E-state index in [-0.39, 0.29) is 28.4 Å². The molecule has 0 spiro atoms. The second-order valence-corrected chi connectivity index (χ2v) is 10.00. The van der Waals surface area contributed by atoms with Crippen molar-refractivity contribution in [2.75, 3.05) is 13.1 Å². The van der Waals surface area contributed by atoms with Gasteiger partial charge in [-0.2, -0.15) is 4.31 Å². The summed E-state index contributed by atoms with van der Waals surface area (Å²) in [7, 11) is -3.52. The SMILES string of the molecule is C[C@@H]1CCC[C@@H](C)N1C(=O)[C@@H](C)OC(=O)c1ccc(S(=O)(=O)N2CCCC2)cc1. The minimum Gasteiger partial charge on any atom is -0.449 e. The minimum atomic E-state index is -3.52. The van der Waals surface area contributed by atoms with Gasteiger partial charge >= 0.3 is 5.97 Å². The largest absolute Gasteiger partial charge is 0.449 e. The molecular formula is C21H30N2O5S. The Labute approximate surface area is 173 Å². The van der Waals surface area contributed by atoms with E-state index in [2.05, 4.69) is 0 Å². The van der Waals surface area contributed by atoms with Crippen molar-refractivity contribution in [3.05, 3.63) is 29.8 Å². The van der Waals surface area contributed by atoms with Gasteiger partial charge in [-0.15, -0.1) is 0 Å². The smallest absolute Gasteiger partial charge is 0.338 e. The average Bonchev–Trinajstić information content (AvgIpc) is 3.23. The number of ether oxygens (including phenoxy) is 1. The van der Waals surface area contributed by atoms with E-state index >= 15 is 0 Å². The molecule has 1 aromatic carbocycles. The normalized spacial score (nSPS) is 24.3. The third-order valence-corrected chi connectivity index (χ3v) is 7.79. The molecule has 1 amide bonds. The van der Waals surface area contributed by atoms with Crippen LogP contribution in [0.1, 0.15) is 63.2 Å². The first kappa shape index (κ1) is 21.8. The summed E-state index contributed by atoms with van der Waals surface area (Å²) in [5.74, 6) is -0.820. The van der Waals surface area contributed by atoms with Gasteiger partial charge in [-0.05, 0) is 77.1 Å². The number of carbonyl (C=O) groups excluding carboxylic acids is 2. The monoisotopic (exact) mass is 422 g/mol. The van der Waals surface area contributed by atoms with Gasteiger partial charge in [0.2, 0.25) is 10.0 Å². The molecule has 29 heavy (non-hydrogen) atoms. The number of rotatable bonds is 5. The Bertz CT molecular complexity index is 836. The lowest BCUT2D eigenvalue weighted by Gasteiger charge is -2.40. The number of benzene rings is 1. The Morgan fingerprint density at radius 2 is 1.55 bits per heavy atom. The van der Waals surface area contributed by atoms with Gasteiger partial charge in [0, 0.05) is 25.2 Å². The number of likely N-dealkylation sites (tertiary alicyclic amines) is 1. The zero-order valence-electron chi connectivity index (χ0n) is 17.3. The Balaban J connectivity index is 1.65. The van der Waals surface area contributed by atoms with Crippen LogP contribution in [0.2, 0.25) is 0 Å². The Kier molecular flexibility index (Phi) is 6.63. The van der Waals surface area contributed by atoms with Crippen molar-refractivity contribution in [3.63, 3.8) is 0 Å². The molecule has 0 aliphatic carbocycles. The van der Waals surface area contributed by atoms with Crippen LogP contribution in [0.3, 0.4) is 0 Å². The van der Waals surface area contributed by atoms with E-state index in [0.29, 0.717) is 13.1 Å². The summed E-state index contributed by atoms with van der Waals surface area (Å²) in [6.45, 7) is 6.67. The lowest BCUT2D eigenvalue weighted by molar-refractivity contribution is -0.146. The van der Waals surface area contributed by atoms with Gasteiger partial charge in [0.15, 0.2) is 6.10 Å². The standard InChI is InChI=1S/C21H30N2O5S/c1-15-7-6-8-16(2)23(15)20(24)17(3)28-21(25)18-9-11-19(12-10-18)29(26,27)22-13-4-5-14-22/h9-12,15-17H,4-8,13-14H2,1-3H3/t15-,16-,17-/m1/s1. The fourth-order valence-corrected chi connectivity index (χ4v) is 5.70. The number of sulfonamides is 1. The molecule has 1 aromatic rings. The van der Waals surface area contributed by atoms with Crippen LogP contribution >= 0.6 is 0 Å². The predicted octanol–water partition coefficient (Wildman–Crippen LogP) is 2.81. The molecule has 0 saturated carbocycles. The molecule has 2 fully saturated rings. The van der Waals surface area contributed by atoms with E-state index < -0.39 is 22.1 Å². The molecule has 0 unspecified atom stereocenters. The summed E-state index contributed by atoms with van der Waals surface area (Å²) in [6, 6.07) is 5.98. The lowest BCUT2D eigenvalue weighted by atomic mass is 9.97. The van der Waals surface area contributed by atoms with E-state index in [9.17, 15) is 18.0 Å². The van der Waals surface area contributed by atoms with Crippen molar-refractivity contribution >= 4 is 21.9 Å². The van der Waals surface area contributed by atoms with Gasteiger partial charge in [-0.1, -0.05) is 0 Å². The Hall–Kier alpha value is -1.93. The molecule has 8 heteroatoms. The van der Waals surface area contributed by atoms with Gasteiger partial charge in [0.25, 0.3) is 5.91 Å². The number of amides is 1. The summed E-state index contributed by atoms with van der Waals surface area (Å²) in [5, 5.41) is 0. The maximum Gasteiger partial charge on any atom is 0.338 e. The first-order valence-corrected chi connectivity index (χ1v) is 11.8. The number of esters is 1. The van der Waals surface area contributed by atoms with E-state index in [1.807, 2.05) is 18.7 Å². The molecular weight excluding hydrogens is 392 g/mol. The molecule has 3 rings (SSSR count). The average molecular weight is 423 g/mol. The minimum absolute atomic E-state index is 0.127. The lowest BCUT2D eigenvalue weighted by Crippen LogP contribution is -2.51. The number of hydrogen-bond acceptors (Lipinski definition) is 5. The van der Waals surface area contributed by atoms with Gasteiger partial charge in [-0.3, -0.25) is 4.79 Å². The quantitative estimate of drug-likeness (QED) is 0.682. The zero-order valence-corrected chi connectivity index (χ0v) is 18.2. The maximum atomic E-state index is 12.8. The summed E-state index contributed by atoms with van der Waals surface area (Å²) in [5.41, 5.74) is 0.227. The first-order chi connectivity index (χ1) is 13.7. The highest BCUT2D eigenvalue weighted by molar-refractivity contribution is 7.89. The maximum absolute atomic E-state index is 12.8. The molecule has 2 heterocycles. The molecule has 160 valence electrons. The van der Waals surface area contributed by atoms with Crippen molar-refractivity contribution in [1.82, 2.24) is 9.21 Å². The molecule has 0 N–H and O–H groups in total. The molecule has 3 atom stereocenters. The van der Waals surface area contributed by atoms with Crippen LogP contribution in [0.5, 0.6) is 0 Å². The van der Waals surface area contributed by atoms with Gasteiger partial charge in [-0.25, -0.2) is 13.2 Å². The molecule has 2 aliphatic rings. The van der Waals surface area contributed by atoms with E-state index in [1.54, 1.807) is 6.92 Å². The molecule has 0 bridgehead atoms. The molecule has 0 radical (unpaired) electrons. The summed E-state index contributed by atoms with van der Waals surface area (Å²) in [6.07, 6.45) is 3.83. The number of nitrogens with zero attached hydrogens (tertiary/aromatic N) is 2. The highest BCUT2D eigenvalue weighted by Crippen LogP contribution is 2.24. The highest BCUT2D eigenvalue weighted by Gasteiger charge is 2.33. The fourth-order valence-electron chi connectivity index (χ4n) is 4.19. The van der Waals surface area contributed by atoms with E-state index in [1.165, 1.54) is 28.6 Å². The van der Waals surface area contributed by atoms with Crippen molar-refractivity contribution in [3.8, 4) is 0 Å². The number of piperidine rings is 1. The summed E-state index contributed by atoms with van der Waals surface area (Å²) < 4.78 is 32.0. The van der Waals surface area contributed by atoms with Gasteiger partial charge < -0.3 is 9.64 Å². The van der Waals surface area contributed by atoms with Gasteiger partial charge in [0.05, 0.1) is 10.5 Å². The second-order valence-electron chi connectivity index (χ2n) is 8.06. The third-order valence-electron chi connectivity index (χ3n) is 5.87. The van der Waals surface area contributed by atoms with Crippen LogP contribution in [0.15, 0.2) is 29.2 Å². The molecule has 2 saturated heterocycles. The van der Waals surface area contributed by atoms with Crippen LogP contribution in [0.25, 0.3) is 0 Å². The Morgan fingerprint density at radius 3 is 2.10 bits per heavy atom. The van der Waals surface area contributed by atoms with Crippen molar-refractivity contribution in [2.45, 2.75) is 76.0 Å². The fraction of sp³-hybridized carbons (Fsp3) is 0.619. The second kappa shape index (κ2) is 8.83. The van der Waals surface area contributed by atoms with Crippen molar-refractivity contribution in [2.24, 2.45) is 0 Å². The van der Waals surface area contributed by atoms with Crippen LogP contribution < -0.4 is 0 Å². The third kappa shape index (κ3) is 4.64. The van der Waals surface area contributed by atoms with Crippen LogP contribution in [0.4, 0.5) is 0 Å².